The van der Waals surface area contributed by atoms with Crippen LogP contribution in [0, 0.1) is 51.8 Å². The van der Waals surface area contributed by atoms with Gasteiger partial charge < -0.3 is 5.32 Å². The van der Waals surface area contributed by atoms with Gasteiger partial charge in [0.15, 0.2) is 0 Å². The van der Waals surface area contributed by atoms with Gasteiger partial charge in [-0.15, -0.1) is 0 Å². The van der Waals surface area contributed by atoms with Crippen LogP contribution in [0.5, 0.6) is 0 Å². The van der Waals surface area contributed by atoms with Crippen molar-refractivity contribution in [3.63, 3.8) is 0 Å². The van der Waals surface area contributed by atoms with E-state index < -0.39 is 0 Å². The van der Waals surface area contributed by atoms with E-state index in [1.165, 1.54) is 56.9 Å². The lowest BCUT2D eigenvalue weighted by Gasteiger charge is -2.62. The first-order valence-electron chi connectivity index (χ1n) is 14.1. The third-order valence-electron chi connectivity index (χ3n) is 11.8. The van der Waals surface area contributed by atoms with Gasteiger partial charge >= 0.3 is 0 Å². The number of nitrogens with one attached hydrogen (secondary N) is 1. The SMILES string of the molecule is C=C1C=CC2(C)C(=C1)CCC1C2C(C)CC2(C)C1CC1CC(CCC)CC12C(=C)CCNC. The fraction of sp³-hybridized carbons (Fsp3) is 0.750. The molecule has 0 spiro atoms. The van der Waals surface area contributed by atoms with Crippen LogP contribution in [0.2, 0.25) is 0 Å². The van der Waals surface area contributed by atoms with Crippen molar-refractivity contribution in [2.24, 2.45) is 51.8 Å². The van der Waals surface area contributed by atoms with Gasteiger partial charge in [0.1, 0.15) is 0 Å². The van der Waals surface area contributed by atoms with Crippen molar-refractivity contribution in [1.29, 1.82) is 0 Å². The van der Waals surface area contributed by atoms with E-state index in [1.54, 1.807) is 11.1 Å². The average molecular weight is 448 g/mol. The Kier molecular flexibility index (Phi) is 5.91. The summed E-state index contributed by atoms with van der Waals surface area (Å²) in [5.41, 5.74) is 5.51. The highest BCUT2D eigenvalue weighted by atomic mass is 14.8. The topological polar surface area (TPSA) is 12.0 Å². The molecule has 0 heterocycles. The van der Waals surface area contributed by atoms with Gasteiger partial charge in [-0.1, -0.05) is 83.1 Å². The van der Waals surface area contributed by atoms with Gasteiger partial charge in [0, 0.05) is 5.41 Å². The number of allylic oxidation sites excluding steroid dienone is 5. The summed E-state index contributed by atoms with van der Waals surface area (Å²) in [6.07, 6.45) is 19.6. The lowest BCUT2D eigenvalue weighted by Crippen LogP contribution is -2.55. The minimum atomic E-state index is 0.240. The Hall–Kier alpha value is -1.08. The summed E-state index contributed by atoms with van der Waals surface area (Å²) < 4.78 is 0. The summed E-state index contributed by atoms with van der Waals surface area (Å²) in [4.78, 5) is 0. The van der Waals surface area contributed by atoms with Crippen LogP contribution in [0.3, 0.4) is 0 Å². The predicted molar refractivity (Wildman–Crippen MR) is 142 cm³/mol. The zero-order valence-electron chi connectivity index (χ0n) is 22.2. The van der Waals surface area contributed by atoms with E-state index in [0.717, 1.165) is 48.5 Å². The standard InChI is InChI=1S/C32H49N/c1-8-9-24-17-26-18-28-27-11-10-25-16-21(2)12-14-30(25,5)29(27)22(3)19-31(28,6)32(26,20-24)23(4)13-15-33-7/h12,14,16,22,24,26-29,33H,2,4,8-11,13,15,17-20H2,1,3,5-7H3. The number of rotatable bonds is 6. The molecule has 0 saturated heterocycles. The van der Waals surface area contributed by atoms with E-state index >= 15 is 0 Å². The molecule has 0 aliphatic heterocycles. The summed E-state index contributed by atoms with van der Waals surface area (Å²) in [5, 5.41) is 3.43. The van der Waals surface area contributed by atoms with E-state index in [1.807, 2.05) is 0 Å². The van der Waals surface area contributed by atoms with Crippen molar-refractivity contribution in [2.75, 3.05) is 13.6 Å². The van der Waals surface area contributed by atoms with E-state index in [0.29, 0.717) is 10.8 Å². The van der Waals surface area contributed by atoms with Crippen LogP contribution in [-0.2, 0) is 0 Å². The Labute approximate surface area is 204 Å². The molecule has 0 radical (unpaired) electrons. The van der Waals surface area contributed by atoms with Crippen molar-refractivity contribution in [2.45, 2.75) is 85.5 Å². The molecule has 0 aromatic carbocycles. The van der Waals surface area contributed by atoms with Gasteiger partial charge in [-0.3, -0.25) is 0 Å². The Bertz CT molecular complexity index is 877. The van der Waals surface area contributed by atoms with Crippen LogP contribution in [-0.4, -0.2) is 13.6 Å². The molecule has 4 saturated carbocycles. The van der Waals surface area contributed by atoms with Gasteiger partial charge in [-0.05, 0) is 110 Å². The Morgan fingerprint density at radius 3 is 2.73 bits per heavy atom. The minimum absolute atomic E-state index is 0.240. The minimum Gasteiger partial charge on any atom is -0.319 e. The van der Waals surface area contributed by atoms with Crippen molar-refractivity contribution in [1.82, 2.24) is 5.32 Å². The molecule has 0 bridgehead atoms. The molecule has 5 aliphatic rings. The van der Waals surface area contributed by atoms with Gasteiger partial charge in [-0.25, -0.2) is 0 Å². The molecule has 4 fully saturated rings. The van der Waals surface area contributed by atoms with Crippen LogP contribution in [0.15, 0.2) is 48.1 Å². The summed E-state index contributed by atoms with van der Waals surface area (Å²) >= 11 is 0. The van der Waals surface area contributed by atoms with E-state index in [2.05, 4.69) is 64.9 Å². The molecular formula is C32H49N. The number of fused-ring (bicyclic) bond motifs is 7. The van der Waals surface area contributed by atoms with Crippen LogP contribution < -0.4 is 5.32 Å². The number of hydrogen-bond acceptors (Lipinski definition) is 1. The highest BCUT2D eigenvalue weighted by Crippen LogP contribution is 2.78. The van der Waals surface area contributed by atoms with Crippen molar-refractivity contribution >= 4 is 0 Å². The maximum Gasteiger partial charge on any atom is 0.0103 e. The Balaban J connectivity index is 1.53. The molecule has 5 aliphatic carbocycles. The lowest BCUT2D eigenvalue weighted by molar-refractivity contribution is -0.0914. The second-order valence-corrected chi connectivity index (χ2v) is 13.2. The summed E-state index contributed by atoms with van der Waals surface area (Å²) in [6.45, 7) is 20.5. The van der Waals surface area contributed by atoms with Crippen molar-refractivity contribution in [3.05, 3.63) is 48.1 Å². The smallest absolute Gasteiger partial charge is 0.0103 e. The molecule has 0 aromatic rings. The van der Waals surface area contributed by atoms with Gasteiger partial charge in [0.2, 0.25) is 0 Å². The van der Waals surface area contributed by atoms with Gasteiger partial charge in [0.05, 0.1) is 0 Å². The zero-order valence-corrected chi connectivity index (χ0v) is 22.2. The van der Waals surface area contributed by atoms with Crippen LogP contribution in [0.1, 0.15) is 85.5 Å². The first-order valence-corrected chi connectivity index (χ1v) is 14.1. The maximum absolute atomic E-state index is 4.89. The molecule has 182 valence electrons. The van der Waals surface area contributed by atoms with E-state index in [4.69, 9.17) is 6.58 Å². The van der Waals surface area contributed by atoms with Gasteiger partial charge in [0.25, 0.3) is 0 Å². The molecular weight excluding hydrogens is 398 g/mol. The van der Waals surface area contributed by atoms with Crippen LogP contribution in [0.4, 0.5) is 0 Å². The third kappa shape index (κ3) is 3.20. The van der Waals surface area contributed by atoms with Crippen molar-refractivity contribution in [3.8, 4) is 0 Å². The van der Waals surface area contributed by atoms with Crippen molar-refractivity contribution < 1.29 is 0 Å². The molecule has 9 atom stereocenters. The molecule has 1 N–H and O–H groups in total. The van der Waals surface area contributed by atoms with E-state index in [9.17, 15) is 0 Å². The maximum atomic E-state index is 4.89. The third-order valence-corrected chi connectivity index (χ3v) is 11.8. The molecule has 0 aromatic heterocycles. The Morgan fingerprint density at radius 1 is 1.21 bits per heavy atom. The molecule has 0 amide bonds. The number of hydrogen-bond donors (Lipinski definition) is 1. The first-order chi connectivity index (χ1) is 15.7. The fourth-order valence-electron chi connectivity index (χ4n) is 10.8. The van der Waals surface area contributed by atoms with E-state index in [-0.39, 0.29) is 5.41 Å². The monoisotopic (exact) mass is 447 g/mol. The largest absolute Gasteiger partial charge is 0.319 e. The summed E-state index contributed by atoms with van der Waals surface area (Å²) in [6, 6.07) is 0. The zero-order chi connectivity index (χ0) is 23.6. The highest BCUT2D eigenvalue weighted by Gasteiger charge is 2.70. The molecule has 1 heteroatoms. The van der Waals surface area contributed by atoms with Crippen LogP contribution in [0.25, 0.3) is 0 Å². The van der Waals surface area contributed by atoms with Gasteiger partial charge in [-0.2, -0.15) is 0 Å². The second-order valence-electron chi connectivity index (χ2n) is 13.2. The summed E-state index contributed by atoms with van der Waals surface area (Å²) in [7, 11) is 2.10. The summed E-state index contributed by atoms with van der Waals surface area (Å²) in [5.74, 6) is 5.07. The average Bonchev–Trinajstić information content (AvgIpc) is 3.25. The van der Waals surface area contributed by atoms with Crippen LogP contribution >= 0.6 is 0 Å². The lowest BCUT2D eigenvalue weighted by atomic mass is 9.42. The normalized spacial score (nSPS) is 48.0. The quantitative estimate of drug-likeness (QED) is 0.405. The Morgan fingerprint density at radius 2 is 2.00 bits per heavy atom. The molecule has 5 rings (SSSR count). The molecule has 1 nitrogen and oxygen atoms in total. The highest BCUT2D eigenvalue weighted by molar-refractivity contribution is 5.44. The molecule has 9 unspecified atom stereocenters. The fourth-order valence-corrected chi connectivity index (χ4v) is 10.8. The molecule has 33 heavy (non-hydrogen) atoms. The predicted octanol–water partition coefficient (Wildman–Crippen LogP) is 8.12. The second kappa shape index (κ2) is 8.25. The first kappa shape index (κ1) is 23.7.